The Morgan fingerprint density at radius 2 is 1.74 bits per heavy atom. The lowest BCUT2D eigenvalue weighted by atomic mass is 10.1. The first-order valence-corrected chi connectivity index (χ1v) is 13.1. The molecule has 4 rings (SSSR count). The predicted octanol–water partition coefficient (Wildman–Crippen LogP) is 4.25. The Hall–Kier alpha value is -2.72. The number of carbonyl (C=O) groups is 1. The van der Waals surface area contributed by atoms with Gasteiger partial charge in [-0.15, -0.1) is 12.4 Å². The van der Waals surface area contributed by atoms with Crippen molar-refractivity contribution in [2.24, 2.45) is 0 Å². The van der Waals surface area contributed by atoms with Gasteiger partial charge in [-0.05, 0) is 49.1 Å². The van der Waals surface area contributed by atoms with E-state index in [1.807, 2.05) is 67.5 Å². The molecule has 0 spiro atoms. The number of rotatable bonds is 8. The quantitative estimate of drug-likeness (QED) is 0.346. The molecule has 0 saturated carbocycles. The lowest BCUT2D eigenvalue weighted by Crippen LogP contribution is -2.39. The van der Waals surface area contributed by atoms with Crippen LogP contribution in [0.15, 0.2) is 65.6 Å². The molecule has 0 N–H and O–H groups in total. The number of anilines is 1. The van der Waals surface area contributed by atoms with Crippen molar-refractivity contribution >= 4 is 65.6 Å². The Morgan fingerprint density at radius 3 is 2.44 bits per heavy atom. The van der Waals surface area contributed by atoms with Gasteiger partial charge < -0.3 is 9.64 Å². The number of carbonyl (C=O) groups excluding carboxylic acids is 1. The second kappa shape index (κ2) is 10.7. The molecule has 0 bridgehead atoms. The van der Waals surface area contributed by atoms with Crippen molar-refractivity contribution in [3.63, 3.8) is 0 Å². The van der Waals surface area contributed by atoms with Crippen molar-refractivity contribution in [2.75, 3.05) is 44.9 Å². The molecule has 0 aliphatic heterocycles. The van der Waals surface area contributed by atoms with Gasteiger partial charge in [0, 0.05) is 19.3 Å². The van der Waals surface area contributed by atoms with E-state index in [4.69, 9.17) is 4.74 Å². The summed E-state index contributed by atoms with van der Waals surface area (Å²) in [5.41, 5.74) is 0.387. The normalized spacial score (nSPS) is 11.5. The highest BCUT2D eigenvalue weighted by molar-refractivity contribution is 7.91. The maximum atomic E-state index is 13.2. The van der Waals surface area contributed by atoms with Gasteiger partial charge in [0.1, 0.15) is 11.3 Å². The molecule has 0 aliphatic rings. The van der Waals surface area contributed by atoms with E-state index in [9.17, 15) is 13.2 Å². The lowest BCUT2D eigenvalue weighted by Gasteiger charge is -2.22. The average molecular weight is 520 g/mol. The van der Waals surface area contributed by atoms with E-state index in [-0.39, 0.29) is 29.8 Å². The Labute approximate surface area is 209 Å². The summed E-state index contributed by atoms with van der Waals surface area (Å²) < 4.78 is 30.9. The fourth-order valence-corrected chi connectivity index (χ4v) is 5.37. The summed E-state index contributed by atoms with van der Waals surface area (Å²) in [5, 5.41) is 2.58. The van der Waals surface area contributed by atoms with Gasteiger partial charge in [0.15, 0.2) is 21.6 Å². The third-order valence-electron chi connectivity index (χ3n) is 5.16. The molecule has 34 heavy (non-hydrogen) atoms. The van der Waals surface area contributed by atoms with Crippen LogP contribution in [0.25, 0.3) is 21.0 Å². The van der Waals surface area contributed by atoms with E-state index < -0.39 is 9.84 Å². The van der Waals surface area contributed by atoms with Crippen LogP contribution >= 0.6 is 23.7 Å². The topological polar surface area (TPSA) is 79.8 Å². The van der Waals surface area contributed by atoms with Crippen molar-refractivity contribution in [3.8, 4) is 5.75 Å². The van der Waals surface area contributed by atoms with Crippen molar-refractivity contribution in [3.05, 3.63) is 60.7 Å². The molecule has 0 radical (unpaired) electrons. The molecular weight excluding hydrogens is 494 g/mol. The summed E-state index contributed by atoms with van der Waals surface area (Å²) in [7, 11) is 0.406. The second-order valence-corrected chi connectivity index (χ2v) is 11.0. The summed E-state index contributed by atoms with van der Waals surface area (Å²) in [6.07, 6.45) is 1.16. The second-order valence-electron chi connectivity index (χ2n) is 8.02. The minimum absolute atomic E-state index is 0. The van der Waals surface area contributed by atoms with Crippen molar-refractivity contribution in [1.29, 1.82) is 0 Å². The van der Waals surface area contributed by atoms with Crippen LogP contribution < -0.4 is 9.64 Å². The number of amides is 1. The molecule has 7 nitrogen and oxygen atoms in total. The minimum Gasteiger partial charge on any atom is -0.484 e. The zero-order valence-electron chi connectivity index (χ0n) is 19.1. The van der Waals surface area contributed by atoms with E-state index in [2.05, 4.69) is 4.98 Å². The summed E-state index contributed by atoms with van der Waals surface area (Å²) >= 11 is 1.29. The highest BCUT2D eigenvalue weighted by Gasteiger charge is 2.23. The monoisotopic (exact) mass is 519 g/mol. The number of likely N-dealkylation sites (N-methyl/N-ethyl adjacent to an activating group) is 1. The molecule has 4 aromatic rings. The van der Waals surface area contributed by atoms with Crippen LogP contribution in [0.1, 0.15) is 0 Å². The fraction of sp³-hybridized carbons (Fsp3) is 0.250. The number of thiazole rings is 1. The average Bonchev–Trinajstić information content (AvgIpc) is 3.20. The maximum absolute atomic E-state index is 13.2. The van der Waals surface area contributed by atoms with Gasteiger partial charge >= 0.3 is 0 Å². The van der Waals surface area contributed by atoms with Crippen LogP contribution in [-0.4, -0.2) is 64.3 Å². The van der Waals surface area contributed by atoms with Gasteiger partial charge in [0.2, 0.25) is 0 Å². The van der Waals surface area contributed by atoms with Gasteiger partial charge in [0.05, 0.1) is 9.60 Å². The van der Waals surface area contributed by atoms with Crippen molar-refractivity contribution in [2.45, 2.75) is 4.90 Å². The number of halogens is 1. The van der Waals surface area contributed by atoms with Gasteiger partial charge in [0.25, 0.3) is 5.91 Å². The van der Waals surface area contributed by atoms with Crippen LogP contribution in [-0.2, 0) is 14.6 Å². The molecule has 180 valence electrons. The van der Waals surface area contributed by atoms with Crippen molar-refractivity contribution < 1.29 is 17.9 Å². The Morgan fingerprint density at radius 1 is 1.00 bits per heavy atom. The van der Waals surface area contributed by atoms with E-state index >= 15 is 0 Å². The number of hydrogen-bond acceptors (Lipinski definition) is 7. The first kappa shape index (κ1) is 25.9. The summed E-state index contributed by atoms with van der Waals surface area (Å²) in [6.45, 7) is 0.873. The van der Waals surface area contributed by atoms with Crippen molar-refractivity contribution in [1.82, 2.24) is 9.88 Å². The molecule has 0 fully saturated rings. The van der Waals surface area contributed by atoms with Crippen LogP contribution in [0.3, 0.4) is 0 Å². The number of para-hydroxylation sites is 1. The summed E-state index contributed by atoms with van der Waals surface area (Å²) in [5.74, 6) is 0.364. The highest BCUT2D eigenvalue weighted by atomic mass is 35.5. The fourth-order valence-electron chi connectivity index (χ4n) is 3.43. The van der Waals surface area contributed by atoms with E-state index in [1.54, 1.807) is 11.0 Å². The number of fused-ring (bicyclic) bond motifs is 2. The maximum Gasteiger partial charge on any atom is 0.266 e. The molecular formula is C24H26ClN3O4S2. The van der Waals surface area contributed by atoms with Crippen LogP contribution in [0.4, 0.5) is 5.13 Å². The molecule has 10 heteroatoms. The molecule has 1 aromatic heterocycles. The largest absolute Gasteiger partial charge is 0.484 e. The molecule has 3 aromatic carbocycles. The van der Waals surface area contributed by atoms with Gasteiger partial charge in [-0.2, -0.15) is 0 Å². The zero-order valence-corrected chi connectivity index (χ0v) is 21.5. The molecule has 1 amide bonds. The molecule has 1 heterocycles. The van der Waals surface area contributed by atoms with Gasteiger partial charge in [-0.1, -0.05) is 47.7 Å². The van der Waals surface area contributed by atoms with Crippen LogP contribution in [0.5, 0.6) is 5.75 Å². The van der Waals surface area contributed by atoms with E-state index in [0.29, 0.717) is 34.2 Å². The first-order valence-electron chi connectivity index (χ1n) is 10.4. The van der Waals surface area contributed by atoms with E-state index in [0.717, 1.165) is 17.0 Å². The summed E-state index contributed by atoms with van der Waals surface area (Å²) in [4.78, 5) is 21.4. The van der Waals surface area contributed by atoms with Gasteiger partial charge in [-0.3, -0.25) is 9.69 Å². The number of nitrogens with zero attached hydrogens (tertiary/aromatic N) is 3. The zero-order chi connectivity index (χ0) is 23.6. The smallest absolute Gasteiger partial charge is 0.266 e. The predicted molar refractivity (Wildman–Crippen MR) is 140 cm³/mol. The number of benzene rings is 3. The van der Waals surface area contributed by atoms with Crippen LogP contribution in [0.2, 0.25) is 0 Å². The number of hydrogen-bond donors (Lipinski definition) is 0. The molecule has 0 unspecified atom stereocenters. The molecule has 0 saturated heterocycles. The lowest BCUT2D eigenvalue weighted by molar-refractivity contribution is -0.120. The number of aromatic nitrogens is 1. The van der Waals surface area contributed by atoms with Crippen LogP contribution in [0, 0.1) is 0 Å². The standard InChI is InChI=1S/C24H25N3O4S2.ClH/c1-26(2)13-14-27(24-25-23-20(32-24)9-6-10-21(23)33(3,29)30)22(28)16-31-19-12-11-17-7-4-5-8-18(17)15-19;/h4-12,15H,13-14,16H2,1-3H3;1H. The third-order valence-corrected chi connectivity index (χ3v) is 7.33. The Bertz CT molecular complexity index is 1420. The third kappa shape index (κ3) is 5.85. The number of ether oxygens (including phenoxy) is 1. The minimum atomic E-state index is -3.44. The van der Waals surface area contributed by atoms with Gasteiger partial charge in [-0.25, -0.2) is 13.4 Å². The highest BCUT2D eigenvalue weighted by Crippen LogP contribution is 2.32. The molecule has 0 atom stereocenters. The Balaban J connectivity index is 0.00000324. The Kier molecular flexibility index (Phi) is 8.14. The molecule has 0 aliphatic carbocycles. The van der Waals surface area contributed by atoms with E-state index in [1.165, 1.54) is 17.4 Å². The number of sulfone groups is 1. The summed E-state index contributed by atoms with van der Waals surface area (Å²) in [6, 6.07) is 18.7. The SMILES string of the molecule is CN(C)CCN(C(=O)COc1ccc2ccccc2c1)c1nc2c(S(C)(=O)=O)cccc2s1.Cl. The first-order chi connectivity index (χ1) is 15.7.